The maximum Gasteiger partial charge on any atom is 0.261 e. The van der Waals surface area contributed by atoms with E-state index >= 15 is 0 Å². The Morgan fingerprint density at radius 3 is 2.11 bits per heavy atom. The first-order valence-corrected chi connectivity index (χ1v) is 9.69. The van der Waals surface area contributed by atoms with E-state index < -0.39 is 6.10 Å². The number of amides is 1. The van der Waals surface area contributed by atoms with Gasteiger partial charge in [0.15, 0.2) is 17.6 Å². The maximum atomic E-state index is 12.9. The number of rotatable bonds is 9. The van der Waals surface area contributed by atoms with E-state index in [1.165, 1.54) is 0 Å². The molecule has 0 spiro atoms. The van der Waals surface area contributed by atoms with Crippen LogP contribution in [0.15, 0.2) is 36.4 Å². The molecule has 2 atom stereocenters. The first kappa shape index (κ1) is 21.6. The van der Waals surface area contributed by atoms with E-state index in [4.69, 9.17) is 14.2 Å². The second kappa shape index (κ2) is 10.0. The zero-order valence-corrected chi connectivity index (χ0v) is 17.7. The number of ether oxygens (including phenoxy) is 3. The highest BCUT2D eigenvalue weighted by Crippen LogP contribution is 2.31. The molecule has 0 saturated heterocycles. The second-order valence-corrected chi connectivity index (χ2v) is 6.92. The van der Waals surface area contributed by atoms with Crippen LogP contribution in [0.3, 0.4) is 0 Å². The highest BCUT2D eigenvalue weighted by atomic mass is 16.5. The number of carbonyl (C=O) groups is 1. The van der Waals surface area contributed by atoms with Crippen molar-refractivity contribution in [2.24, 2.45) is 0 Å². The molecule has 0 aromatic heterocycles. The number of benzene rings is 2. The third-order valence-corrected chi connectivity index (χ3v) is 4.67. The summed E-state index contributed by atoms with van der Waals surface area (Å²) < 4.78 is 16.7. The van der Waals surface area contributed by atoms with Gasteiger partial charge >= 0.3 is 0 Å². The summed E-state index contributed by atoms with van der Waals surface area (Å²) in [6.07, 6.45) is 0.790. The summed E-state index contributed by atoms with van der Waals surface area (Å²) in [5, 5.41) is 3.11. The third kappa shape index (κ3) is 5.41. The zero-order chi connectivity index (χ0) is 20.7. The van der Waals surface area contributed by atoms with Crippen molar-refractivity contribution in [3.63, 3.8) is 0 Å². The van der Waals surface area contributed by atoms with Gasteiger partial charge in [-0.1, -0.05) is 26.0 Å². The largest absolute Gasteiger partial charge is 0.493 e. The lowest BCUT2D eigenvalue weighted by atomic mass is 10.0. The Balaban J connectivity index is 2.15. The SMILES string of the molecule is CC[C@H](Oc1cc(C)cc(C)c1)C(=O)N[C@@H](CC)c1ccc(OC)c(OC)c1. The number of aryl methyl sites for hydroxylation is 2. The number of nitrogens with one attached hydrogen (secondary N) is 1. The average Bonchev–Trinajstić information content (AvgIpc) is 2.68. The molecule has 2 aromatic rings. The van der Waals surface area contributed by atoms with Crippen LogP contribution in [0.4, 0.5) is 0 Å². The fraction of sp³-hybridized carbons (Fsp3) is 0.435. The summed E-state index contributed by atoms with van der Waals surface area (Å²) in [6, 6.07) is 11.6. The van der Waals surface area contributed by atoms with Crippen LogP contribution in [0.5, 0.6) is 17.2 Å². The predicted octanol–water partition coefficient (Wildman–Crippen LogP) is 4.75. The smallest absolute Gasteiger partial charge is 0.261 e. The molecule has 28 heavy (non-hydrogen) atoms. The van der Waals surface area contributed by atoms with Gasteiger partial charge in [-0.3, -0.25) is 4.79 Å². The van der Waals surface area contributed by atoms with Crippen molar-refractivity contribution in [2.75, 3.05) is 14.2 Å². The molecule has 0 bridgehead atoms. The molecule has 152 valence electrons. The minimum Gasteiger partial charge on any atom is -0.493 e. The molecule has 0 saturated carbocycles. The maximum absolute atomic E-state index is 12.9. The van der Waals surface area contributed by atoms with Crippen LogP contribution in [-0.4, -0.2) is 26.2 Å². The Labute approximate surface area is 168 Å². The van der Waals surface area contributed by atoms with Gasteiger partial charge in [-0.2, -0.15) is 0 Å². The van der Waals surface area contributed by atoms with E-state index in [1.807, 2.05) is 58.0 Å². The molecular formula is C23H31NO4. The molecule has 1 amide bonds. The summed E-state index contributed by atoms with van der Waals surface area (Å²) in [5.41, 5.74) is 3.19. The molecular weight excluding hydrogens is 354 g/mol. The zero-order valence-electron chi connectivity index (χ0n) is 17.7. The summed E-state index contributed by atoms with van der Waals surface area (Å²) in [6.45, 7) is 8.02. The van der Waals surface area contributed by atoms with Crippen molar-refractivity contribution < 1.29 is 19.0 Å². The first-order chi connectivity index (χ1) is 13.4. The van der Waals surface area contributed by atoms with E-state index in [2.05, 4.69) is 11.4 Å². The van der Waals surface area contributed by atoms with E-state index in [-0.39, 0.29) is 11.9 Å². The fourth-order valence-corrected chi connectivity index (χ4v) is 3.24. The highest BCUT2D eigenvalue weighted by molar-refractivity contribution is 5.81. The van der Waals surface area contributed by atoms with Gasteiger partial charge in [0, 0.05) is 0 Å². The van der Waals surface area contributed by atoms with Crippen LogP contribution in [0.2, 0.25) is 0 Å². The molecule has 0 heterocycles. The van der Waals surface area contributed by atoms with Gasteiger partial charge in [-0.25, -0.2) is 0 Å². The highest BCUT2D eigenvalue weighted by Gasteiger charge is 2.23. The Hall–Kier alpha value is -2.69. The number of carbonyl (C=O) groups excluding carboxylic acids is 1. The summed E-state index contributed by atoms with van der Waals surface area (Å²) in [4.78, 5) is 12.9. The van der Waals surface area contributed by atoms with Gasteiger partial charge in [-0.05, 0) is 67.6 Å². The molecule has 0 aliphatic heterocycles. The number of methoxy groups -OCH3 is 2. The van der Waals surface area contributed by atoms with Gasteiger partial charge in [-0.15, -0.1) is 0 Å². The van der Waals surface area contributed by atoms with E-state index in [1.54, 1.807) is 14.2 Å². The molecule has 1 N–H and O–H groups in total. The summed E-state index contributed by atoms with van der Waals surface area (Å²) in [5.74, 6) is 1.91. The molecule has 0 radical (unpaired) electrons. The second-order valence-electron chi connectivity index (χ2n) is 6.92. The molecule has 0 aliphatic rings. The van der Waals surface area contributed by atoms with Gasteiger partial charge in [0.05, 0.1) is 20.3 Å². The lowest BCUT2D eigenvalue weighted by Gasteiger charge is -2.23. The minimum absolute atomic E-state index is 0.122. The molecule has 5 nitrogen and oxygen atoms in total. The van der Waals surface area contributed by atoms with Crippen molar-refractivity contribution in [2.45, 2.75) is 52.7 Å². The van der Waals surface area contributed by atoms with Crippen molar-refractivity contribution >= 4 is 5.91 Å². The Morgan fingerprint density at radius 1 is 0.929 bits per heavy atom. The van der Waals surface area contributed by atoms with Crippen LogP contribution in [0, 0.1) is 13.8 Å². The van der Waals surface area contributed by atoms with Gasteiger partial charge in [0.1, 0.15) is 5.75 Å². The van der Waals surface area contributed by atoms with Crippen LogP contribution in [0.1, 0.15) is 49.4 Å². The van der Waals surface area contributed by atoms with Crippen molar-refractivity contribution in [3.05, 3.63) is 53.1 Å². The first-order valence-electron chi connectivity index (χ1n) is 9.69. The molecule has 5 heteroatoms. The fourth-order valence-electron chi connectivity index (χ4n) is 3.24. The molecule has 0 unspecified atom stereocenters. The predicted molar refractivity (Wildman–Crippen MR) is 111 cm³/mol. The quantitative estimate of drug-likeness (QED) is 0.677. The third-order valence-electron chi connectivity index (χ3n) is 4.67. The standard InChI is InChI=1S/C23H31NO4/c1-7-19(17-9-10-21(26-5)22(14-17)27-6)24-23(25)20(8-2)28-18-12-15(3)11-16(4)13-18/h9-14,19-20H,7-8H2,1-6H3,(H,24,25)/t19-,20-/m0/s1. The van der Waals surface area contributed by atoms with Crippen LogP contribution in [-0.2, 0) is 4.79 Å². The lowest BCUT2D eigenvalue weighted by Crippen LogP contribution is -2.40. The Kier molecular flexibility index (Phi) is 7.73. The van der Waals surface area contributed by atoms with E-state index in [9.17, 15) is 4.79 Å². The minimum atomic E-state index is -0.546. The van der Waals surface area contributed by atoms with E-state index in [0.717, 1.165) is 28.9 Å². The molecule has 0 aliphatic carbocycles. The van der Waals surface area contributed by atoms with Crippen molar-refractivity contribution in [3.8, 4) is 17.2 Å². The van der Waals surface area contributed by atoms with Gasteiger partial charge in [0.2, 0.25) is 0 Å². The van der Waals surface area contributed by atoms with E-state index in [0.29, 0.717) is 17.9 Å². The molecule has 0 fully saturated rings. The van der Waals surface area contributed by atoms with Gasteiger partial charge < -0.3 is 19.5 Å². The Bertz CT molecular complexity index is 783. The molecule has 2 aromatic carbocycles. The Morgan fingerprint density at radius 2 is 1.57 bits per heavy atom. The van der Waals surface area contributed by atoms with Gasteiger partial charge in [0.25, 0.3) is 5.91 Å². The monoisotopic (exact) mass is 385 g/mol. The van der Waals surface area contributed by atoms with Crippen LogP contribution >= 0.6 is 0 Å². The van der Waals surface area contributed by atoms with Crippen LogP contribution < -0.4 is 19.5 Å². The van der Waals surface area contributed by atoms with Crippen LogP contribution in [0.25, 0.3) is 0 Å². The summed E-state index contributed by atoms with van der Waals surface area (Å²) >= 11 is 0. The summed E-state index contributed by atoms with van der Waals surface area (Å²) in [7, 11) is 3.21. The topological polar surface area (TPSA) is 56.8 Å². The average molecular weight is 386 g/mol. The lowest BCUT2D eigenvalue weighted by molar-refractivity contribution is -0.129. The number of hydrogen-bond donors (Lipinski definition) is 1. The van der Waals surface area contributed by atoms with Crippen molar-refractivity contribution in [1.29, 1.82) is 0 Å². The molecule has 2 rings (SSSR count). The number of hydrogen-bond acceptors (Lipinski definition) is 4. The normalized spacial score (nSPS) is 12.8. The van der Waals surface area contributed by atoms with Crippen molar-refractivity contribution in [1.82, 2.24) is 5.32 Å².